The number of rotatable bonds is 5. The van der Waals surface area contributed by atoms with Crippen LogP contribution >= 0.6 is 0 Å². The third-order valence-corrected chi connectivity index (χ3v) is 2.82. The average molecular weight is 220 g/mol. The summed E-state index contributed by atoms with van der Waals surface area (Å²) in [6.07, 6.45) is 2.53. The molecule has 0 aliphatic carbocycles. The molecule has 0 aromatic heterocycles. The van der Waals surface area contributed by atoms with Crippen LogP contribution in [0.2, 0.25) is 0 Å². The third kappa shape index (κ3) is 2.43. The zero-order valence-electron chi connectivity index (χ0n) is 10.6. The monoisotopic (exact) mass is 220 g/mol. The number of ketones is 1. The van der Waals surface area contributed by atoms with Gasteiger partial charge < -0.3 is 4.74 Å². The van der Waals surface area contributed by atoms with Crippen molar-refractivity contribution >= 4 is 5.78 Å². The van der Waals surface area contributed by atoms with Crippen LogP contribution in [-0.2, 0) is 6.42 Å². The first-order valence-corrected chi connectivity index (χ1v) is 5.85. The lowest BCUT2D eigenvalue weighted by molar-refractivity contribution is 0.0985. The molecule has 2 heteroatoms. The lowest BCUT2D eigenvalue weighted by Gasteiger charge is -2.14. The second kappa shape index (κ2) is 5.69. The van der Waals surface area contributed by atoms with Crippen molar-refractivity contribution in [3.8, 4) is 5.75 Å². The Kier molecular flexibility index (Phi) is 4.53. The number of aryl methyl sites for hydroxylation is 1. The normalized spacial score (nSPS) is 10.2. The van der Waals surface area contributed by atoms with Crippen molar-refractivity contribution in [1.29, 1.82) is 0 Å². The van der Waals surface area contributed by atoms with E-state index < -0.39 is 0 Å². The highest BCUT2D eigenvalue weighted by atomic mass is 16.5. The highest BCUT2D eigenvalue weighted by molar-refractivity contribution is 5.99. The Balaban J connectivity index is 3.30. The summed E-state index contributed by atoms with van der Waals surface area (Å²) in [7, 11) is 1.64. The number of benzene rings is 1. The molecule has 0 aliphatic heterocycles. The molecule has 0 saturated heterocycles. The highest BCUT2D eigenvalue weighted by Gasteiger charge is 2.15. The molecule has 1 aromatic rings. The molecule has 0 spiro atoms. The second-order valence-electron chi connectivity index (χ2n) is 3.97. The van der Waals surface area contributed by atoms with Crippen LogP contribution in [0, 0.1) is 6.92 Å². The molecule has 0 unspecified atom stereocenters. The van der Waals surface area contributed by atoms with E-state index in [0.717, 1.165) is 24.2 Å². The Labute approximate surface area is 97.6 Å². The van der Waals surface area contributed by atoms with Gasteiger partial charge >= 0.3 is 0 Å². The van der Waals surface area contributed by atoms with E-state index in [1.807, 2.05) is 19.1 Å². The smallest absolute Gasteiger partial charge is 0.166 e. The van der Waals surface area contributed by atoms with Gasteiger partial charge in [0.05, 0.1) is 12.7 Å². The van der Waals surface area contributed by atoms with Crippen molar-refractivity contribution in [2.24, 2.45) is 0 Å². The maximum absolute atomic E-state index is 11.8. The predicted octanol–water partition coefficient (Wildman–Crippen LogP) is 3.55. The molecule has 1 rings (SSSR count). The van der Waals surface area contributed by atoms with E-state index in [9.17, 15) is 4.79 Å². The number of Topliss-reactive ketones (excluding diaryl/α,β-unsaturated/α-hetero) is 1. The van der Waals surface area contributed by atoms with Crippen LogP contribution in [0.5, 0.6) is 5.75 Å². The summed E-state index contributed by atoms with van der Waals surface area (Å²) in [5, 5.41) is 0. The van der Waals surface area contributed by atoms with Gasteiger partial charge in [0.1, 0.15) is 5.75 Å². The van der Waals surface area contributed by atoms with Gasteiger partial charge in [-0.1, -0.05) is 26.3 Å². The van der Waals surface area contributed by atoms with Gasteiger partial charge in [0, 0.05) is 6.42 Å². The van der Waals surface area contributed by atoms with Crippen LogP contribution in [0.15, 0.2) is 12.1 Å². The molecule has 0 saturated carbocycles. The van der Waals surface area contributed by atoms with Crippen molar-refractivity contribution in [1.82, 2.24) is 0 Å². The molecule has 0 aliphatic rings. The molecule has 16 heavy (non-hydrogen) atoms. The molecule has 0 N–H and O–H groups in total. The summed E-state index contributed by atoms with van der Waals surface area (Å²) in [5.41, 5.74) is 3.09. The molecule has 0 heterocycles. The van der Waals surface area contributed by atoms with E-state index in [1.54, 1.807) is 7.11 Å². The molecule has 0 atom stereocenters. The molecule has 0 amide bonds. The fraction of sp³-hybridized carbons (Fsp3) is 0.500. The summed E-state index contributed by atoms with van der Waals surface area (Å²) in [6.45, 7) is 6.07. The molecular weight excluding hydrogens is 200 g/mol. The van der Waals surface area contributed by atoms with Crippen molar-refractivity contribution < 1.29 is 9.53 Å². The van der Waals surface area contributed by atoms with Crippen molar-refractivity contribution in [2.45, 2.75) is 40.0 Å². The standard InChI is InChI=1S/C14H20O2/c1-5-7-11-10(3)8-9-12(13(15)6-2)14(11)16-4/h8-9H,5-7H2,1-4H3. The highest BCUT2D eigenvalue weighted by Crippen LogP contribution is 2.29. The molecule has 1 aromatic carbocycles. The number of hydrogen-bond donors (Lipinski definition) is 0. The van der Waals surface area contributed by atoms with Gasteiger partial charge in [-0.25, -0.2) is 0 Å². The lowest BCUT2D eigenvalue weighted by atomic mass is 9.97. The third-order valence-electron chi connectivity index (χ3n) is 2.82. The topological polar surface area (TPSA) is 26.3 Å². The number of ether oxygens (including phenoxy) is 1. The first-order valence-electron chi connectivity index (χ1n) is 5.85. The Hall–Kier alpha value is -1.31. The minimum absolute atomic E-state index is 0.147. The summed E-state index contributed by atoms with van der Waals surface area (Å²) in [6, 6.07) is 3.88. The van der Waals surface area contributed by atoms with Gasteiger partial charge in [-0.05, 0) is 30.5 Å². The van der Waals surface area contributed by atoms with Crippen LogP contribution in [0.3, 0.4) is 0 Å². The fourth-order valence-corrected chi connectivity index (χ4v) is 1.93. The van der Waals surface area contributed by atoms with E-state index in [2.05, 4.69) is 13.8 Å². The van der Waals surface area contributed by atoms with E-state index in [-0.39, 0.29) is 5.78 Å². The van der Waals surface area contributed by atoms with E-state index >= 15 is 0 Å². The summed E-state index contributed by atoms with van der Waals surface area (Å²) >= 11 is 0. The molecule has 0 bridgehead atoms. The lowest BCUT2D eigenvalue weighted by Crippen LogP contribution is -2.05. The molecule has 88 valence electrons. The summed E-state index contributed by atoms with van der Waals surface area (Å²) in [4.78, 5) is 11.8. The fourth-order valence-electron chi connectivity index (χ4n) is 1.93. The van der Waals surface area contributed by atoms with Crippen LogP contribution in [-0.4, -0.2) is 12.9 Å². The van der Waals surface area contributed by atoms with Crippen LogP contribution in [0.25, 0.3) is 0 Å². The van der Waals surface area contributed by atoms with E-state index in [1.165, 1.54) is 11.1 Å². The van der Waals surface area contributed by atoms with Gasteiger partial charge in [0.25, 0.3) is 0 Å². The minimum Gasteiger partial charge on any atom is -0.496 e. The molecular formula is C14H20O2. The van der Waals surface area contributed by atoms with Crippen LogP contribution in [0.4, 0.5) is 0 Å². The number of methoxy groups -OCH3 is 1. The Morgan fingerprint density at radius 1 is 1.31 bits per heavy atom. The zero-order valence-corrected chi connectivity index (χ0v) is 10.6. The van der Waals surface area contributed by atoms with Gasteiger partial charge in [-0.2, -0.15) is 0 Å². The predicted molar refractivity (Wildman–Crippen MR) is 66.3 cm³/mol. The van der Waals surface area contributed by atoms with E-state index in [0.29, 0.717) is 6.42 Å². The van der Waals surface area contributed by atoms with Crippen LogP contribution in [0.1, 0.15) is 48.2 Å². The van der Waals surface area contributed by atoms with E-state index in [4.69, 9.17) is 4.74 Å². The quantitative estimate of drug-likeness (QED) is 0.709. The Morgan fingerprint density at radius 2 is 2.00 bits per heavy atom. The first kappa shape index (κ1) is 12.8. The Morgan fingerprint density at radius 3 is 2.50 bits per heavy atom. The van der Waals surface area contributed by atoms with Crippen LogP contribution < -0.4 is 4.74 Å². The van der Waals surface area contributed by atoms with Gasteiger partial charge in [-0.3, -0.25) is 4.79 Å². The summed E-state index contributed by atoms with van der Waals surface area (Å²) in [5.74, 6) is 0.919. The molecule has 2 nitrogen and oxygen atoms in total. The van der Waals surface area contributed by atoms with Gasteiger partial charge in [0.2, 0.25) is 0 Å². The second-order valence-corrected chi connectivity index (χ2v) is 3.97. The van der Waals surface area contributed by atoms with Crippen molar-refractivity contribution in [3.05, 3.63) is 28.8 Å². The van der Waals surface area contributed by atoms with Gasteiger partial charge in [-0.15, -0.1) is 0 Å². The maximum Gasteiger partial charge on any atom is 0.166 e. The molecule has 0 radical (unpaired) electrons. The van der Waals surface area contributed by atoms with Crippen molar-refractivity contribution in [3.63, 3.8) is 0 Å². The average Bonchev–Trinajstić information content (AvgIpc) is 2.30. The van der Waals surface area contributed by atoms with Gasteiger partial charge in [0.15, 0.2) is 5.78 Å². The Bertz CT molecular complexity index is 381. The largest absolute Gasteiger partial charge is 0.496 e. The zero-order chi connectivity index (χ0) is 12.1. The number of carbonyl (C=O) groups excluding carboxylic acids is 1. The van der Waals surface area contributed by atoms with Crippen molar-refractivity contribution in [2.75, 3.05) is 7.11 Å². The molecule has 0 fully saturated rings. The first-order chi connectivity index (χ1) is 7.65. The minimum atomic E-state index is 0.147. The number of hydrogen-bond acceptors (Lipinski definition) is 2. The maximum atomic E-state index is 11.8. The summed E-state index contributed by atoms with van der Waals surface area (Å²) < 4.78 is 5.41. The number of carbonyl (C=O) groups is 1. The SMILES string of the molecule is CCCc1c(C)ccc(C(=O)CC)c1OC.